The second-order valence-electron chi connectivity index (χ2n) is 7.04. The number of halogens is 1. The summed E-state index contributed by atoms with van der Waals surface area (Å²) in [6, 6.07) is 4.54. The van der Waals surface area contributed by atoms with Crippen LogP contribution in [0.3, 0.4) is 0 Å². The smallest absolute Gasteiger partial charge is 0.280 e. The first-order valence-electron chi connectivity index (χ1n) is 8.20. The van der Waals surface area contributed by atoms with Crippen molar-refractivity contribution in [2.24, 2.45) is 5.41 Å². The minimum absolute atomic E-state index is 0.0250. The predicted molar refractivity (Wildman–Crippen MR) is 87.1 cm³/mol. The van der Waals surface area contributed by atoms with Crippen molar-refractivity contribution in [1.82, 2.24) is 15.0 Å². The number of para-hydroxylation sites is 1. The Hall–Kier alpha value is -2.48. The first-order valence-corrected chi connectivity index (χ1v) is 8.20. The maximum absolute atomic E-state index is 14.0. The summed E-state index contributed by atoms with van der Waals surface area (Å²) in [5, 5.41) is 8.05. The Labute approximate surface area is 144 Å². The Kier molecular flexibility index (Phi) is 3.72. The number of nitrogens with zero attached hydrogens (tertiary/aromatic N) is 4. The quantitative estimate of drug-likeness (QED) is 0.849. The van der Waals surface area contributed by atoms with Crippen molar-refractivity contribution >= 4 is 11.6 Å². The highest BCUT2D eigenvalue weighted by Gasteiger charge is 2.35. The van der Waals surface area contributed by atoms with Crippen LogP contribution in [0, 0.1) is 11.2 Å². The number of fused-ring (bicyclic) bond motifs is 1. The molecule has 1 aromatic carbocycles. The van der Waals surface area contributed by atoms with Crippen LogP contribution in [0.2, 0.25) is 0 Å². The van der Waals surface area contributed by atoms with Gasteiger partial charge in [-0.2, -0.15) is 0 Å². The number of hydrogen-bond donors (Lipinski definition) is 0. The first-order chi connectivity index (χ1) is 12.0. The van der Waals surface area contributed by atoms with Crippen molar-refractivity contribution in [3.05, 3.63) is 35.9 Å². The van der Waals surface area contributed by atoms with Crippen molar-refractivity contribution in [3.63, 3.8) is 0 Å². The van der Waals surface area contributed by atoms with Gasteiger partial charge in [-0.05, 0) is 19.1 Å². The van der Waals surface area contributed by atoms with E-state index in [1.165, 1.54) is 11.0 Å². The summed E-state index contributed by atoms with van der Waals surface area (Å²) in [5.74, 6) is -0.701. The zero-order valence-electron chi connectivity index (χ0n) is 14.1. The number of carbonyl (C=O) groups is 1. The van der Waals surface area contributed by atoms with E-state index in [0.29, 0.717) is 32.0 Å². The highest BCUT2D eigenvalue weighted by Crippen LogP contribution is 2.36. The second kappa shape index (κ2) is 5.80. The number of hydrogen-bond acceptors (Lipinski definition) is 5. The molecule has 1 fully saturated rings. The molecular formula is C17H19FN4O3. The molecule has 0 spiro atoms. The van der Waals surface area contributed by atoms with E-state index in [4.69, 9.17) is 9.47 Å². The van der Waals surface area contributed by atoms with Crippen LogP contribution < -0.4 is 9.64 Å². The Balaban J connectivity index is 1.59. The van der Waals surface area contributed by atoms with Gasteiger partial charge in [0.05, 0.1) is 38.2 Å². The van der Waals surface area contributed by atoms with Crippen LogP contribution in [0.4, 0.5) is 10.1 Å². The van der Waals surface area contributed by atoms with E-state index < -0.39 is 5.82 Å². The van der Waals surface area contributed by atoms with Gasteiger partial charge in [0.25, 0.3) is 5.91 Å². The summed E-state index contributed by atoms with van der Waals surface area (Å²) in [7, 11) is 0. The molecule has 0 radical (unpaired) electrons. The van der Waals surface area contributed by atoms with Crippen LogP contribution in [-0.4, -0.2) is 46.8 Å². The van der Waals surface area contributed by atoms with Gasteiger partial charge in [0.2, 0.25) is 0 Å². The van der Waals surface area contributed by atoms with Crippen LogP contribution in [-0.2, 0) is 11.3 Å². The average molecular weight is 346 g/mol. The van der Waals surface area contributed by atoms with E-state index in [2.05, 4.69) is 17.2 Å². The lowest BCUT2D eigenvalue weighted by molar-refractivity contribution is -0.111. The van der Waals surface area contributed by atoms with Crippen LogP contribution in [0.1, 0.15) is 24.3 Å². The van der Waals surface area contributed by atoms with E-state index in [1.807, 2.05) is 0 Å². The highest BCUT2D eigenvalue weighted by molar-refractivity contribution is 6.05. The van der Waals surface area contributed by atoms with Crippen LogP contribution in [0.25, 0.3) is 0 Å². The molecule has 1 unspecified atom stereocenters. The van der Waals surface area contributed by atoms with E-state index in [0.717, 1.165) is 0 Å². The fraction of sp³-hybridized carbons (Fsp3) is 0.471. The number of benzene rings is 1. The summed E-state index contributed by atoms with van der Waals surface area (Å²) in [4.78, 5) is 14.4. The molecule has 25 heavy (non-hydrogen) atoms. The van der Waals surface area contributed by atoms with Crippen LogP contribution in [0.15, 0.2) is 24.4 Å². The molecule has 2 aliphatic rings. The molecule has 3 heterocycles. The highest BCUT2D eigenvalue weighted by atomic mass is 19.1. The largest absolute Gasteiger partial charge is 0.484 e. The third kappa shape index (κ3) is 2.86. The molecule has 7 nitrogen and oxygen atoms in total. The predicted octanol–water partition coefficient (Wildman–Crippen LogP) is 1.88. The van der Waals surface area contributed by atoms with Crippen LogP contribution >= 0.6 is 0 Å². The van der Waals surface area contributed by atoms with Gasteiger partial charge in [-0.25, -0.2) is 4.39 Å². The van der Waals surface area contributed by atoms with Gasteiger partial charge in [0.15, 0.2) is 17.3 Å². The lowest BCUT2D eigenvalue weighted by atomic mass is 9.89. The molecule has 0 aliphatic carbocycles. The maximum Gasteiger partial charge on any atom is 0.280 e. The van der Waals surface area contributed by atoms with Crippen LogP contribution in [0.5, 0.6) is 5.75 Å². The summed E-state index contributed by atoms with van der Waals surface area (Å²) >= 11 is 0. The fourth-order valence-corrected chi connectivity index (χ4v) is 3.16. The monoisotopic (exact) mass is 346 g/mol. The summed E-state index contributed by atoms with van der Waals surface area (Å²) in [5.41, 5.74) is 0.669. The molecule has 4 rings (SSSR count). The standard InChI is InChI=1S/C17H19FN4O3/c1-11-6-22(14-5-3-4-12(18)15(14)25-11)16(23)13-7-21(20-19-13)8-17(2)9-24-10-17/h3-5,7,11H,6,8-10H2,1-2H3. The summed E-state index contributed by atoms with van der Waals surface area (Å²) in [6.45, 7) is 6.20. The Morgan fingerprint density at radius 3 is 2.96 bits per heavy atom. The number of rotatable bonds is 3. The van der Waals surface area contributed by atoms with Gasteiger partial charge in [-0.1, -0.05) is 18.2 Å². The Morgan fingerprint density at radius 2 is 2.24 bits per heavy atom. The molecule has 0 N–H and O–H groups in total. The molecule has 0 bridgehead atoms. The van der Waals surface area contributed by atoms with E-state index in [9.17, 15) is 9.18 Å². The fourth-order valence-electron chi connectivity index (χ4n) is 3.16. The number of anilines is 1. The number of aromatic nitrogens is 3. The third-order valence-corrected chi connectivity index (χ3v) is 4.44. The lowest BCUT2D eigenvalue weighted by Crippen LogP contribution is -2.43. The zero-order chi connectivity index (χ0) is 17.6. The number of amides is 1. The number of carbonyl (C=O) groups excluding carboxylic acids is 1. The van der Waals surface area contributed by atoms with E-state index in [1.54, 1.807) is 29.9 Å². The van der Waals surface area contributed by atoms with Crippen molar-refractivity contribution in [2.75, 3.05) is 24.7 Å². The first kappa shape index (κ1) is 16.0. The van der Waals surface area contributed by atoms with E-state index in [-0.39, 0.29) is 28.9 Å². The topological polar surface area (TPSA) is 69.5 Å². The molecule has 8 heteroatoms. The van der Waals surface area contributed by atoms with Gasteiger partial charge in [0, 0.05) is 5.41 Å². The molecule has 1 aromatic heterocycles. The average Bonchev–Trinajstić information content (AvgIpc) is 3.01. The lowest BCUT2D eigenvalue weighted by Gasteiger charge is -2.37. The third-order valence-electron chi connectivity index (χ3n) is 4.44. The molecule has 1 atom stereocenters. The van der Waals surface area contributed by atoms with Crippen molar-refractivity contribution in [1.29, 1.82) is 0 Å². The number of ether oxygens (including phenoxy) is 2. The van der Waals surface area contributed by atoms with Crippen molar-refractivity contribution in [3.8, 4) is 5.75 Å². The molecule has 0 saturated carbocycles. The molecule has 1 amide bonds. The zero-order valence-corrected chi connectivity index (χ0v) is 14.1. The Bertz CT molecular complexity index is 818. The summed E-state index contributed by atoms with van der Waals surface area (Å²) in [6.07, 6.45) is 1.32. The minimum atomic E-state index is -0.483. The molecule has 1 saturated heterocycles. The van der Waals surface area contributed by atoms with Crippen molar-refractivity contribution < 1.29 is 18.7 Å². The van der Waals surface area contributed by atoms with Gasteiger partial charge in [-0.3, -0.25) is 14.4 Å². The summed E-state index contributed by atoms with van der Waals surface area (Å²) < 4.78 is 26.5. The van der Waals surface area contributed by atoms with Gasteiger partial charge < -0.3 is 9.47 Å². The molecule has 132 valence electrons. The van der Waals surface area contributed by atoms with Gasteiger partial charge >= 0.3 is 0 Å². The Morgan fingerprint density at radius 1 is 1.44 bits per heavy atom. The normalized spacial score (nSPS) is 21.2. The van der Waals surface area contributed by atoms with Gasteiger partial charge in [-0.15, -0.1) is 5.10 Å². The van der Waals surface area contributed by atoms with Gasteiger partial charge in [0.1, 0.15) is 6.10 Å². The SMILES string of the molecule is CC1CN(C(=O)c2cn(CC3(C)COC3)nn2)c2cccc(F)c2O1. The maximum atomic E-state index is 14.0. The van der Waals surface area contributed by atoms with Crippen molar-refractivity contribution in [2.45, 2.75) is 26.5 Å². The minimum Gasteiger partial charge on any atom is -0.484 e. The molecular weight excluding hydrogens is 327 g/mol. The molecule has 2 aromatic rings. The van der Waals surface area contributed by atoms with E-state index >= 15 is 0 Å². The molecule has 2 aliphatic heterocycles. The second-order valence-corrected chi connectivity index (χ2v) is 7.04.